The number of fused-ring (bicyclic) bond motifs is 1. The van der Waals surface area contributed by atoms with Crippen LogP contribution in [0.3, 0.4) is 0 Å². The molecule has 1 spiro atoms. The van der Waals surface area contributed by atoms with E-state index in [4.69, 9.17) is 11.6 Å². The second-order valence-corrected chi connectivity index (χ2v) is 9.34. The minimum Gasteiger partial charge on any atom is -0.325 e. The average Bonchev–Trinajstić information content (AvgIpc) is 3.18. The van der Waals surface area contributed by atoms with Crippen LogP contribution in [0.2, 0.25) is 5.02 Å². The molecule has 0 saturated heterocycles. The van der Waals surface area contributed by atoms with Crippen molar-refractivity contribution in [3.05, 3.63) is 59.6 Å². The highest BCUT2D eigenvalue weighted by molar-refractivity contribution is 8.00. The Balaban J connectivity index is 1.48. The second kappa shape index (κ2) is 7.96. The molecule has 0 bridgehead atoms. The average molecular weight is 440 g/mol. The summed E-state index contributed by atoms with van der Waals surface area (Å²) in [7, 11) is 0. The molecule has 0 unspecified atom stereocenters. The predicted molar refractivity (Wildman–Crippen MR) is 120 cm³/mol. The minimum atomic E-state index is -0.335. The number of thioether (sulfide) groups is 1. The first-order valence-corrected chi connectivity index (χ1v) is 11.4. The summed E-state index contributed by atoms with van der Waals surface area (Å²) < 4.78 is 1.97. The Labute approximate surface area is 184 Å². The summed E-state index contributed by atoms with van der Waals surface area (Å²) >= 11 is 7.47. The van der Waals surface area contributed by atoms with Gasteiger partial charge in [0.1, 0.15) is 5.25 Å². The molecule has 30 heavy (non-hydrogen) atoms. The highest BCUT2D eigenvalue weighted by Gasteiger charge is 2.49. The molecule has 2 heterocycles. The van der Waals surface area contributed by atoms with Crippen LogP contribution in [0.15, 0.2) is 59.8 Å². The Morgan fingerprint density at radius 1 is 1.07 bits per heavy atom. The summed E-state index contributed by atoms with van der Waals surface area (Å²) in [5, 5.41) is 12.9. The van der Waals surface area contributed by atoms with Gasteiger partial charge in [-0.25, -0.2) is 4.68 Å². The van der Waals surface area contributed by atoms with E-state index >= 15 is 0 Å². The van der Waals surface area contributed by atoms with E-state index in [1.807, 2.05) is 47.1 Å². The van der Waals surface area contributed by atoms with Crippen molar-refractivity contribution in [1.29, 1.82) is 0 Å². The molecular formula is C22H22ClN5OS. The third-order valence-corrected chi connectivity index (χ3v) is 7.45. The number of aromatic nitrogens is 3. The van der Waals surface area contributed by atoms with Crippen molar-refractivity contribution < 1.29 is 4.79 Å². The van der Waals surface area contributed by atoms with E-state index in [9.17, 15) is 4.79 Å². The van der Waals surface area contributed by atoms with Crippen LogP contribution in [-0.4, -0.2) is 31.6 Å². The zero-order chi connectivity index (χ0) is 20.6. The van der Waals surface area contributed by atoms with Crippen LogP contribution in [0.4, 0.5) is 5.69 Å². The van der Waals surface area contributed by atoms with Crippen molar-refractivity contribution in [3.8, 4) is 11.4 Å². The number of anilines is 1. The Morgan fingerprint density at radius 3 is 2.53 bits per heavy atom. The molecule has 1 fully saturated rings. The number of nitrogens with one attached hydrogen (secondary N) is 2. The highest BCUT2D eigenvalue weighted by Crippen LogP contribution is 2.44. The summed E-state index contributed by atoms with van der Waals surface area (Å²) in [5.41, 5.74) is 5.08. The van der Waals surface area contributed by atoms with Gasteiger partial charge in [-0.2, -0.15) is 0 Å². The van der Waals surface area contributed by atoms with Crippen molar-refractivity contribution in [3.63, 3.8) is 0 Å². The molecule has 2 N–H and O–H groups in total. The molecule has 2 aliphatic rings. The fraction of sp³-hybridized carbons (Fsp3) is 0.318. The van der Waals surface area contributed by atoms with Gasteiger partial charge in [0.15, 0.2) is 5.82 Å². The molecule has 1 saturated carbocycles. The van der Waals surface area contributed by atoms with Gasteiger partial charge in [-0.05, 0) is 37.1 Å². The van der Waals surface area contributed by atoms with Crippen LogP contribution in [-0.2, 0) is 4.79 Å². The Bertz CT molecular complexity index is 1050. The summed E-state index contributed by atoms with van der Waals surface area (Å²) in [6, 6.07) is 17.2. The number of halogens is 1. The van der Waals surface area contributed by atoms with Gasteiger partial charge >= 0.3 is 0 Å². The van der Waals surface area contributed by atoms with E-state index in [0.29, 0.717) is 10.2 Å². The van der Waals surface area contributed by atoms with Crippen LogP contribution in [0.5, 0.6) is 0 Å². The van der Waals surface area contributed by atoms with E-state index in [-0.39, 0.29) is 16.7 Å². The lowest BCUT2D eigenvalue weighted by Crippen LogP contribution is -2.59. The van der Waals surface area contributed by atoms with Crippen molar-refractivity contribution in [1.82, 2.24) is 14.9 Å². The molecule has 1 aromatic heterocycles. The number of carbonyl (C=O) groups is 1. The van der Waals surface area contributed by atoms with E-state index in [0.717, 1.165) is 42.8 Å². The van der Waals surface area contributed by atoms with Crippen molar-refractivity contribution >= 4 is 35.0 Å². The Morgan fingerprint density at radius 2 is 1.80 bits per heavy atom. The number of rotatable bonds is 3. The molecule has 2 aromatic carbocycles. The number of hydrogen-bond acceptors (Lipinski definition) is 5. The SMILES string of the molecule is O=C(Nc1ccc(Cl)cc1)[C@@H]1Sc2nnc(-c3ccccc3)n2NC12CCCCC2. The zero-order valence-electron chi connectivity index (χ0n) is 16.3. The van der Waals surface area contributed by atoms with Crippen LogP contribution in [0.25, 0.3) is 11.4 Å². The second-order valence-electron chi connectivity index (χ2n) is 7.83. The predicted octanol–water partition coefficient (Wildman–Crippen LogP) is 4.96. The van der Waals surface area contributed by atoms with E-state index < -0.39 is 0 Å². The van der Waals surface area contributed by atoms with Gasteiger partial charge in [-0.1, -0.05) is 73.0 Å². The molecule has 1 atom stereocenters. The molecule has 0 radical (unpaired) electrons. The maximum atomic E-state index is 13.4. The number of carbonyl (C=O) groups excluding carboxylic acids is 1. The van der Waals surface area contributed by atoms with Gasteiger partial charge in [0, 0.05) is 16.3 Å². The normalized spacial score (nSPS) is 19.7. The highest BCUT2D eigenvalue weighted by atomic mass is 35.5. The summed E-state index contributed by atoms with van der Waals surface area (Å²) in [6.45, 7) is 0. The molecular weight excluding hydrogens is 418 g/mol. The topological polar surface area (TPSA) is 71.8 Å². The lowest BCUT2D eigenvalue weighted by Gasteiger charge is -2.46. The first-order chi connectivity index (χ1) is 14.6. The minimum absolute atomic E-state index is 0.0211. The van der Waals surface area contributed by atoms with Gasteiger partial charge in [-0.3, -0.25) is 4.79 Å². The maximum Gasteiger partial charge on any atom is 0.240 e. The van der Waals surface area contributed by atoms with Gasteiger partial charge in [0.2, 0.25) is 11.1 Å². The quantitative estimate of drug-likeness (QED) is 0.603. The van der Waals surface area contributed by atoms with Crippen LogP contribution in [0.1, 0.15) is 32.1 Å². The van der Waals surface area contributed by atoms with Crippen molar-refractivity contribution in [2.75, 3.05) is 10.7 Å². The molecule has 1 aliphatic carbocycles. The molecule has 154 valence electrons. The summed E-state index contributed by atoms with van der Waals surface area (Å²) in [5.74, 6) is 0.756. The molecule has 1 aliphatic heterocycles. The van der Waals surface area contributed by atoms with Gasteiger partial charge in [0.05, 0.1) is 5.54 Å². The smallest absolute Gasteiger partial charge is 0.240 e. The van der Waals surface area contributed by atoms with Gasteiger partial charge < -0.3 is 10.7 Å². The number of amides is 1. The monoisotopic (exact) mass is 439 g/mol. The first kappa shape index (κ1) is 19.5. The fourth-order valence-electron chi connectivity index (χ4n) is 4.32. The van der Waals surface area contributed by atoms with Gasteiger partial charge in [-0.15, -0.1) is 10.2 Å². The lowest BCUT2D eigenvalue weighted by molar-refractivity contribution is -0.117. The van der Waals surface area contributed by atoms with Gasteiger partial charge in [0.25, 0.3) is 0 Å². The molecule has 1 amide bonds. The largest absolute Gasteiger partial charge is 0.325 e. The van der Waals surface area contributed by atoms with E-state index in [2.05, 4.69) is 20.9 Å². The first-order valence-electron chi connectivity index (χ1n) is 10.2. The standard InChI is InChI=1S/C22H22ClN5OS/c23-16-9-11-17(12-10-16)24-20(29)18-22(13-5-2-6-14-22)27-28-19(25-26-21(28)30-18)15-7-3-1-4-8-15/h1,3-4,7-12,18,27H,2,5-6,13-14H2,(H,24,29)/t18-/m0/s1. The van der Waals surface area contributed by atoms with Crippen LogP contribution >= 0.6 is 23.4 Å². The molecule has 6 nitrogen and oxygen atoms in total. The van der Waals surface area contributed by atoms with Crippen molar-refractivity contribution in [2.45, 2.75) is 48.0 Å². The third-order valence-electron chi connectivity index (χ3n) is 5.82. The number of benzene rings is 2. The number of hydrogen-bond donors (Lipinski definition) is 2. The lowest BCUT2D eigenvalue weighted by atomic mass is 9.79. The molecule has 5 rings (SSSR count). The fourth-order valence-corrected chi connectivity index (χ4v) is 5.67. The van der Waals surface area contributed by atoms with E-state index in [1.54, 1.807) is 12.1 Å². The molecule has 8 heteroatoms. The Kier molecular flexibility index (Phi) is 5.16. The Hall–Kier alpha value is -2.51. The van der Waals surface area contributed by atoms with Crippen LogP contribution in [0, 0.1) is 0 Å². The van der Waals surface area contributed by atoms with E-state index in [1.165, 1.54) is 18.2 Å². The molecule has 3 aromatic rings. The maximum absolute atomic E-state index is 13.4. The third kappa shape index (κ3) is 3.56. The van der Waals surface area contributed by atoms with Crippen LogP contribution < -0.4 is 10.7 Å². The summed E-state index contributed by atoms with van der Waals surface area (Å²) in [4.78, 5) is 13.4. The van der Waals surface area contributed by atoms with Crippen molar-refractivity contribution in [2.24, 2.45) is 0 Å². The zero-order valence-corrected chi connectivity index (χ0v) is 17.9. The summed E-state index contributed by atoms with van der Waals surface area (Å²) in [6.07, 6.45) is 5.25. The number of nitrogens with zero attached hydrogens (tertiary/aromatic N) is 3.